The van der Waals surface area contributed by atoms with Gasteiger partial charge in [-0.2, -0.15) is 5.26 Å². The minimum absolute atomic E-state index is 0.211. The van der Waals surface area contributed by atoms with Crippen LogP contribution in [0.15, 0.2) is 42.5 Å². The maximum atomic E-state index is 14.0. The van der Waals surface area contributed by atoms with Gasteiger partial charge >= 0.3 is 0 Å². The first-order chi connectivity index (χ1) is 8.76. The van der Waals surface area contributed by atoms with Gasteiger partial charge in [-0.15, -0.1) is 0 Å². The lowest BCUT2D eigenvalue weighted by molar-refractivity contribution is 0.416. The molecule has 2 aromatic rings. The summed E-state index contributed by atoms with van der Waals surface area (Å²) in [7, 11) is 1.56. The fourth-order valence-corrected chi connectivity index (χ4v) is 1.85. The van der Waals surface area contributed by atoms with E-state index in [1.807, 2.05) is 18.2 Å². The van der Waals surface area contributed by atoms with Crippen molar-refractivity contribution in [3.05, 3.63) is 53.8 Å². The zero-order valence-corrected chi connectivity index (χ0v) is 9.98. The second-order valence-corrected chi connectivity index (χ2v) is 3.85. The molecule has 0 unspecified atom stereocenters. The molecule has 0 aliphatic carbocycles. The lowest BCUT2D eigenvalue weighted by Gasteiger charge is -2.09. The quantitative estimate of drug-likeness (QED) is 0.823. The van der Waals surface area contributed by atoms with Crippen LogP contribution in [-0.2, 0) is 6.42 Å². The molecular weight excluding hydrogens is 229 g/mol. The summed E-state index contributed by atoms with van der Waals surface area (Å²) in [5.74, 6) is 0.289. The summed E-state index contributed by atoms with van der Waals surface area (Å²) >= 11 is 0. The molecule has 0 N–H and O–H groups in total. The Bertz CT molecular complexity index is 602. The van der Waals surface area contributed by atoms with E-state index in [-0.39, 0.29) is 12.2 Å². The van der Waals surface area contributed by atoms with Crippen LogP contribution >= 0.6 is 0 Å². The van der Waals surface area contributed by atoms with Crippen molar-refractivity contribution in [3.63, 3.8) is 0 Å². The second-order valence-electron chi connectivity index (χ2n) is 3.85. The first-order valence-electron chi connectivity index (χ1n) is 5.55. The maximum absolute atomic E-state index is 14.0. The Balaban J connectivity index is 2.48. The zero-order valence-electron chi connectivity index (χ0n) is 9.98. The Labute approximate surface area is 105 Å². The topological polar surface area (TPSA) is 33.0 Å². The van der Waals surface area contributed by atoms with Crippen molar-refractivity contribution in [1.82, 2.24) is 0 Å². The van der Waals surface area contributed by atoms with Crippen molar-refractivity contribution in [2.24, 2.45) is 0 Å². The molecule has 18 heavy (non-hydrogen) atoms. The Morgan fingerprint density at radius 3 is 2.61 bits per heavy atom. The molecule has 0 fully saturated rings. The van der Waals surface area contributed by atoms with Gasteiger partial charge in [0.1, 0.15) is 11.6 Å². The lowest BCUT2D eigenvalue weighted by Crippen LogP contribution is -1.92. The van der Waals surface area contributed by atoms with Gasteiger partial charge in [0.25, 0.3) is 0 Å². The predicted octanol–water partition coefficient (Wildman–Crippen LogP) is 3.57. The maximum Gasteiger partial charge on any atom is 0.131 e. The number of ether oxygens (including phenoxy) is 1. The van der Waals surface area contributed by atoms with Crippen LogP contribution in [0.4, 0.5) is 4.39 Å². The van der Waals surface area contributed by atoms with Crippen molar-refractivity contribution < 1.29 is 9.13 Å². The summed E-state index contributed by atoms with van der Waals surface area (Å²) in [6, 6.07) is 14.1. The average Bonchev–Trinajstić information content (AvgIpc) is 2.39. The third kappa shape index (κ3) is 2.33. The van der Waals surface area contributed by atoms with E-state index in [4.69, 9.17) is 10.00 Å². The van der Waals surface area contributed by atoms with Crippen LogP contribution < -0.4 is 4.74 Å². The van der Waals surface area contributed by atoms with Gasteiger partial charge in [-0.1, -0.05) is 30.3 Å². The van der Waals surface area contributed by atoms with Crippen LogP contribution in [0.3, 0.4) is 0 Å². The van der Waals surface area contributed by atoms with Gasteiger partial charge in [0.15, 0.2) is 0 Å². The molecule has 0 amide bonds. The lowest BCUT2D eigenvalue weighted by atomic mass is 10.0. The van der Waals surface area contributed by atoms with E-state index in [1.165, 1.54) is 6.07 Å². The summed E-state index contributed by atoms with van der Waals surface area (Å²) in [5, 5.41) is 8.59. The van der Waals surface area contributed by atoms with Gasteiger partial charge < -0.3 is 4.74 Å². The standard InChI is InChI=1S/C15H12FNO/c1-18-15-5-3-2-4-13(15)12-7-6-11(8-9-17)10-14(12)16/h2-7,10H,8H2,1H3. The number of nitrogens with zero attached hydrogens (tertiary/aromatic N) is 1. The first-order valence-corrected chi connectivity index (χ1v) is 5.55. The molecule has 0 radical (unpaired) electrons. The molecule has 2 nitrogen and oxygen atoms in total. The van der Waals surface area contributed by atoms with Gasteiger partial charge in [0.05, 0.1) is 19.6 Å². The summed E-state index contributed by atoms with van der Waals surface area (Å²) in [4.78, 5) is 0. The van der Waals surface area contributed by atoms with Crippen molar-refractivity contribution >= 4 is 0 Å². The van der Waals surface area contributed by atoms with Crippen LogP contribution in [0.25, 0.3) is 11.1 Å². The second kappa shape index (κ2) is 5.33. The number of methoxy groups -OCH3 is 1. The van der Waals surface area contributed by atoms with E-state index in [9.17, 15) is 4.39 Å². The highest BCUT2D eigenvalue weighted by atomic mass is 19.1. The molecule has 0 saturated heterocycles. The molecule has 0 aliphatic rings. The fourth-order valence-electron chi connectivity index (χ4n) is 1.85. The van der Waals surface area contributed by atoms with Gasteiger partial charge in [-0.05, 0) is 17.7 Å². The normalized spacial score (nSPS) is 9.83. The number of rotatable bonds is 3. The third-order valence-electron chi connectivity index (χ3n) is 2.71. The van der Waals surface area contributed by atoms with Crippen molar-refractivity contribution in [1.29, 1.82) is 5.26 Å². The Morgan fingerprint density at radius 2 is 1.94 bits per heavy atom. The molecule has 0 atom stereocenters. The van der Waals surface area contributed by atoms with Crippen LogP contribution in [0, 0.1) is 17.1 Å². The number of hydrogen-bond acceptors (Lipinski definition) is 2. The number of nitriles is 1. The monoisotopic (exact) mass is 241 g/mol. The van der Waals surface area contributed by atoms with Gasteiger partial charge in [-0.25, -0.2) is 4.39 Å². The highest BCUT2D eigenvalue weighted by Crippen LogP contribution is 2.31. The number of para-hydroxylation sites is 1. The molecule has 3 heteroatoms. The van der Waals surface area contributed by atoms with E-state index in [2.05, 4.69) is 0 Å². The summed E-state index contributed by atoms with van der Waals surface area (Å²) in [5.41, 5.74) is 1.86. The average molecular weight is 241 g/mol. The fraction of sp³-hybridized carbons (Fsp3) is 0.133. The van der Waals surface area contributed by atoms with E-state index < -0.39 is 0 Å². The number of benzene rings is 2. The van der Waals surface area contributed by atoms with Crippen LogP contribution in [-0.4, -0.2) is 7.11 Å². The molecule has 2 aromatic carbocycles. The molecule has 2 rings (SSSR count). The number of hydrogen-bond donors (Lipinski definition) is 0. The summed E-state index contributed by atoms with van der Waals surface area (Å²) in [6.45, 7) is 0. The molecule has 0 aromatic heterocycles. The molecule has 0 bridgehead atoms. The van der Waals surface area contributed by atoms with Crippen LogP contribution in [0.2, 0.25) is 0 Å². The van der Waals surface area contributed by atoms with Crippen molar-refractivity contribution in [3.8, 4) is 22.9 Å². The molecule has 0 spiro atoms. The third-order valence-corrected chi connectivity index (χ3v) is 2.71. The van der Waals surface area contributed by atoms with E-state index >= 15 is 0 Å². The molecule has 0 saturated carbocycles. The van der Waals surface area contributed by atoms with Crippen molar-refractivity contribution in [2.75, 3.05) is 7.11 Å². The van der Waals surface area contributed by atoms with E-state index in [1.54, 1.807) is 31.4 Å². The van der Waals surface area contributed by atoms with Crippen LogP contribution in [0.1, 0.15) is 5.56 Å². The van der Waals surface area contributed by atoms with E-state index in [0.29, 0.717) is 22.4 Å². The Morgan fingerprint density at radius 1 is 1.17 bits per heavy atom. The SMILES string of the molecule is COc1ccccc1-c1ccc(CC#N)cc1F. The first kappa shape index (κ1) is 12.1. The predicted molar refractivity (Wildman–Crippen MR) is 67.7 cm³/mol. The highest BCUT2D eigenvalue weighted by Gasteiger charge is 2.10. The summed E-state index contributed by atoms with van der Waals surface area (Å²) < 4.78 is 19.2. The minimum Gasteiger partial charge on any atom is -0.496 e. The Hall–Kier alpha value is -2.34. The summed E-state index contributed by atoms with van der Waals surface area (Å²) in [6.07, 6.45) is 0.211. The van der Waals surface area contributed by atoms with Gasteiger partial charge in [0, 0.05) is 11.1 Å². The Kier molecular flexibility index (Phi) is 3.59. The van der Waals surface area contributed by atoms with Crippen LogP contribution in [0.5, 0.6) is 5.75 Å². The van der Waals surface area contributed by atoms with Gasteiger partial charge in [-0.3, -0.25) is 0 Å². The molecule has 0 aliphatic heterocycles. The molecule has 90 valence electrons. The van der Waals surface area contributed by atoms with Crippen molar-refractivity contribution in [2.45, 2.75) is 6.42 Å². The number of halogens is 1. The van der Waals surface area contributed by atoms with E-state index in [0.717, 1.165) is 0 Å². The zero-order chi connectivity index (χ0) is 13.0. The molecule has 0 heterocycles. The smallest absolute Gasteiger partial charge is 0.131 e. The minimum atomic E-state index is -0.341. The largest absolute Gasteiger partial charge is 0.496 e. The molecular formula is C15H12FNO. The highest BCUT2D eigenvalue weighted by molar-refractivity contribution is 5.71. The van der Waals surface area contributed by atoms with Gasteiger partial charge in [0.2, 0.25) is 0 Å².